The highest BCUT2D eigenvalue weighted by atomic mass is 31.2. The lowest BCUT2D eigenvalue weighted by molar-refractivity contribution is -0.0852. The highest BCUT2D eigenvalue weighted by molar-refractivity contribution is 7.53. The molecule has 0 aromatic heterocycles. The van der Waals surface area contributed by atoms with Crippen LogP contribution in [0.25, 0.3) is 0 Å². The fraction of sp³-hybridized carbons (Fsp3) is 0.600. The molecule has 0 aliphatic carbocycles. The molecule has 9 nitrogen and oxygen atoms in total. The zero-order chi connectivity index (χ0) is 20.5. The zero-order valence-corrected chi connectivity index (χ0v) is 16.7. The maximum Gasteiger partial charge on any atom is 0.334 e. The van der Waals surface area contributed by atoms with Gasteiger partial charge in [-0.1, -0.05) is 45.0 Å². The number of hydrogen-bond donors (Lipinski definition) is 8. The van der Waals surface area contributed by atoms with Gasteiger partial charge in [0.05, 0.1) is 31.3 Å². The Morgan fingerprint density at radius 1 is 0.923 bits per heavy atom. The summed E-state index contributed by atoms with van der Waals surface area (Å²) in [6.07, 6.45) is -1.12. The first-order valence-corrected chi connectivity index (χ1v) is 9.91. The van der Waals surface area contributed by atoms with Crippen molar-refractivity contribution in [3.8, 4) is 0 Å². The van der Waals surface area contributed by atoms with Crippen LogP contribution in [-0.2, 0) is 9.73 Å². The van der Waals surface area contributed by atoms with E-state index in [1.54, 1.807) is 6.07 Å². The fourth-order valence-corrected chi connectivity index (χ4v) is 2.53. The van der Waals surface area contributed by atoms with E-state index in [0.29, 0.717) is 5.56 Å². The van der Waals surface area contributed by atoms with Gasteiger partial charge < -0.3 is 40.0 Å². The molecule has 0 aliphatic heterocycles. The quantitative estimate of drug-likeness (QED) is 0.294. The average Bonchev–Trinajstić information content (AvgIpc) is 2.55. The van der Waals surface area contributed by atoms with Crippen LogP contribution in [0.15, 0.2) is 24.3 Å². The second kappa shape index (κ2) is 11.5. The van der Waals surface area contributed by atoms with Crippen LogP contribution in [0.3, 0.4) is 0 Å². The predicted octanol–water partition coefficient (Wildman–Crippen LogP) is 0.407. The molecule has 11 heteroatoms. The van der Waals surface area contributed by atoms with Gasteiger partial charge in [-0.15, -0.1) is 0 Å². The number of benzene rings is 1. The molecule has 1 unspecified atom stereocenters. The van der Waals surface area contributed by atoms with Gasteiger partial charge in [0.2, 0.25) is 0 Å². The molecule has 0 fully saturated rings. The largest absolute Gasteiger partial charge is 0.395 e. The Kier molecular flexibility index (Phi) is 11.4. The minimum Gasteiger partial charge on any atom is -0.395 e. The minimum absolute atomic E-state index is 0.0595. The molecule has 0 bridgehead atoms. The second-order valence-corrected chi connectivity index (χ2v) is 8.37. The van der Waals surface area contributed by atoms with E-state index in [1.165, 1.54) is 0 Å². The van der Waals surface area contributed by atoms with Crippen LogP contribution in [-0.4, -0.2) is 59.8 Å². The van der Waals surface area contributed by atoms with E-state index in [2.05, 4.69) is 25.1 Å². The Morgan fingerprint density at radius 2 is 1.38 bits per heavy atom. The van der Waals surface area contributed by atoms with Gasteiger partial charge in [-0.3, -0.25) is 0 Å². The predicted molar refractivity (Wildman–Crippen MR) is 97.6 cm³/mol. The Hall–Kier alpha value is -0.280. The summed E-state index contributed by atoms with van der Waals surface area (Å²) in [6, 6.07) is 7.38. The molecule has 0 aliphatic rings. The van der Waals surface area contributed by atoms with Crippen molar-refractivity contribution in [1.82, 2.24) is 0 Å². The van der Waals surface area contributed by atoms with Gasteiger partial charge in [-0.25, -0.2) is 4.31 Å². The fourth-order valence-electron chi connectivity index (χ4n) is 2.00. The first-order chi connectivity index (χ1) is 11.9. The molecule has 0 spiro atoms. The average molecular weight is 414 g/mol. The summed E-state index contributed by atoms with van der Waals surface area (Å²) in [5.41, 5.74) is 0.253. The van der Waals surface area contributed by atoms with Gasteiger partial charge >= 0.3 is 17.2 Å². The van der Waals surface area contributed by atoms with E-state index in [4.69, 9.17) is 19.6 Å². The van der Waals surface area contributed by atoms with Crippen LogP contribution in [0, 0.1) is 5.41 Å². The van der Waals surface area contributed by atoms with E-state index in [0.717, 1.165) is 5.56 Å². The summed E-state index contributed by atoms with van der Waals surface area (Å²) in [6.45, 7) is 4.74. The molecule has 0 saturated heterocycles. The van der Waals surface area contributed by atoms with Crippen molar-refractivity contribution < 1.29 is 44.3 Å². The van der Waals surface area contributed by atoms with Crippen LogP contribution in [0.5, 0.6) is 0 Å². The molecule has 0 radical (unpaired) electrons. The maximum atomic E-state index is 10.3. The van der Waals surface area contributed by atoms with Gasteiger partial charge in [0.25, 0.3) is 0 Å². The molecule has 1 aromatic carbocycles. The van der Waals surface area contributed by atoms with E-state index in [-0.39, 0.29) is 5.41 Å². The number of rotatable bonds is 7. The van der Waals surface area contributed by atoms with Crippen LogP contribution in [0.4, 0.5) is 0 Å². The van der Waals surface area contributed by atoms with Crippen molar-refractivity contribution in [3.63, 3.8) is 0 Å². The summed E-state index contributed by atoms with van der Waals surface area (Å²) >= 11 is 0. The van der Waals surface area contributed by atoms with Gasteiger partial charge in [0.15, 0.2) is 0 Å². The van der Waals surface area contributed by atoms with E-state index < -0.39 is 48.5 Å². The molecule has 0 saturated carbocycles. The number of aliphatic hydroxyl groups is 4. The summed E-state index contributed by atoms with van der Waals surface area (Å²) in [5, 5.41) is 38.4. The highest BCUT2D eigenvalue weighted by Gasteiger charge is 2.37. The third-order valence-electron chi connectivity index (χ3n) is 3.74. The molecule has 152 valence electrons. The molecule has 26 heavy (non-hydrogen) atoms. The lowest BCUT2D eigenvalue weighted by Gasteiger charge is -2.33. The number of hydrogen-bond acceptors (Lipinski definition) is 9. The first kappa shape index (κ1) is 25.7. The maximum absolute atomic E-state index is 10.3. The van der Waals surface area contributed by atoms with Crippen LogP contribution >= 0.6 is 17.2 Å². The SMILES string of the molecule is CC(C)(C)c1cccc(C(O)C(CO)(CO)CO)c1.OP(O)OP(O)O. The van der Waals surface area contributed by atoms with Crippen molar-refractivity contribution in [2.24, 2.45) is 5.41 Å². The second-order valence-electron chi connectivity index (χ2n) is 6.70. The highest BCUT2D eigenvalue weighted by Crippen LogP contribution is 2.41. The van der Waals surface area contributed by atoms with Crippen molar-refractivity contribution in [3.05, 3.63) is 35.4 Å². The van der Waals surface area contributed by atoms with Crippen LogP contribution in [0.2, 0.25) is 0 Å². The monoisotopic (exact) mass is 414 g/mol. The Labute approximate surface area is 155 Å². The Morgan fingerprint density at radius 3 is 1.69 bits per heavy atom. The lowest BCUT2D eigenvalue weighted by atomic mass is 9.79. The van der Waals surface area contributed by atoms with E-state index in [9.17, 15) is 20.4 Å². The standard InChI is InChI=1S/C15H24O4.H4O5P2/c1-14(2,3)12-6-4-5-11(7-12)13(19)15(8-16,9-17)10-18;1-6(2)5-7(3)4/h4-7,13,16-19H,8-10H2,1-3H3;1-4H. The molecule has 0 amide bonds. The van der Waals surface area contributed by atoms with E-state index >= 15 is 0 Å². The van der Waals surface area contributed by atoms with Crippen molar-refractivity contribution >= 4 is 17.2 Å². The molecule has 8 N–H and O–H groups in total. The van der Waals surface area contributed by atoms with Gasteiger partial charge in [-0.2, -0.15) is 0 Å². The summed E-state index contributed by atoms with van der Waals surface area (Å²) in [7, 11) is -5.22. The lowest BCUT2D eigenvalue weighted by Crippen LogP contribution is -2.40. The summed E-state index contributed by atoms with van der Waals surface area (Å²) in [4.78, 5) is 31.3. The Balaban J connectivity index is 0.000000758. The van der Waals surface area contributed by atoms with Gasteiger partial charge in [0.1, 0.15) is 0 Å². The topological polar surface area (TPSA) is 171 Å². The van der Waals surface area contributed by atoms with Crippen molar-refractivity contribution in [1.29, 1.82) is 0 Å². The van der Waals surface area contributed by atoms with Gasteiger partial charge in [-0.05, 0) is 16.5 Å². The van der Waals surface area contributed by atoms with E-state index in [1.807, 2.05) is 18.2 Å². The number of aliphatic hydroxyl groups excluding tert-OH is 4. The first-order valence-electron chi connectivity index (χ1n) is 7.58. The molecule has 1 aromatic rings. The van der Waals surface area contributed by atoms with Gasteiger partial charge in [0, 0.05) is 0 Å². The third kappa shape index (κ3) is 8.17. The zero-order valence-electron chi connectivity index (χ0n) is 14.9. The minimum atomic E-state index is -2.61. The molecule has 0 heterocycles. The smallest absolute Gasteiger partial charge is 0.334 e. The van der Waals surface area contributed by atoms with Crippen molar-refractivity contribution in [2.75, 3.05) is 19.8 Å². The van der Waals surface area contributed by atoms with Crippen LogP contribution < -0.4 is 0 Å². The molecule has 1 rings (SSSR count). The molecular weight excluding hydrogens is 386 g/mol. The summed E-state index contributed by atoms with van der Waals surface area (Å²) < 4.78 is 3.60. The Bertz CT molecular complexity index is 502. The summed E-state index contributed by atoms with van der Waals surface area (Å²) in [5.74, 6) is 0. The molecule has 1 atom stereocenters. The van der Waals surface area contributed by atoms with Crippen molar-refractivity contribution in [2.45, 2.75) is 32.3 Å². The normalized spacial score (nSPS) is 13.6. The van der Waals surface area contributed by atoms with Crippen LogP contribution in [0.1, 0.15) is 38.0 Å². The molecular formula is C15H28O9P2. The third-order valence-corrected chi connectivity index (χ3v) is 4.91.